The fourth-order valence-corrected chi connectivity index (χ4v) is 2.95. The van der Waals surface area contributed by atoms with Gasteiger partial charge in [-0.2, -0.15) is 0 Å². The van der Waals surface area contributed by atoms with E-state index in [2.05, 4.69) is 72.7 Å². The van der Waals surface area contributed by atoms with Gasteiger partial charge >= 0.3 is 128 Å². The Bertz CT molecular complexity index is 955. The van der Waals surface area contributed by atoms with Crippen LogP contribution in [-0.2, 0) is 0 Å². The third-order valence-electron chi connectivity index (χ3n) is 4.01. The zero-order chi connectivity index (χ0) is 14.4. The molecule has 1 aromatic carbocycles. The van der Waals surface area contributed by atoms with Gasteiger partial charge < -0.3 is 0 Å². The van der Waals surface area contributed by atoms with Crippen LogP contribution >= 0.6 is 0 Å². The van der Waals surface area contributed by atoms with Gasteiger partial charge in [-0.3, -0.25) is 0 Å². The van der Waals surface area contributed by atoms with Gasteiger partial charge in [-0.25, -0.2) is 0 Å². The standard InChI is InChI=1S/C10H7B9N2/c1-3(2)10-20-9-7-5(12-17-19-14-7)4-6(8(9)15-21-10)13-18-16-11-4/h3H,1-2H3. The average molecular weight is 252 g/mol. The molecule has 0 aliphatic carbocycles. The summed E-state index contributed by atoms with van der Waals surface area (Å²) in [6.45, 7) is 21.2. The van der Waals surface area contributed by atoms with E-state index in [0.29, 0.717) is 5.92 Å². The molecule has 4 aromatic rings. The number of nitrogens with zero attached hydrogens (tertiary/aromatic N) is 2. The third kappa shape index (κ3) is 2.28. The Labute approximate surface area is 128 Å². The average Bonchev–Trinajstić information content (AvgIpc) is 2.54. The Morgan fingerprint density at radius 2 is 1.24 bits per heavy atom. The summed E-state index contributed by atoms with van der Waals surface area (Å²) < 4.78 is 0. The van der Waals surface area contributed by atoms with Gasteiger partial charge in [-0.1, -0.05) is 0 Å². The van der Waals surface area contributed by atoms with Crippen LogP contribution in [0.15, 0.2) is 0 Å². The van der Waals surface area contributed by atoms with Gasteiger partial charge in [0, 0.05) is 0 Å². The van der Waals surface area contributed by atoms with Crippen molar-refractivity contribution in [3.8, 4) is 0 Å². The van der Waals surface area contributed by atoms with Gasteiger partial charge in [0.05, 0.1) is 0 Å². The number of hydrogen-bond acceptors (Lipinski definition) is 2. The molecule has 0 amide bonds. The molecule has 84 valence electrons. The van der Waals surface area contributed by atoms with E-state index in [-0.39, 0.29) is 0 Å². The Morgan fingerprint density at radius 1 is 0.714 bits per heavy atom. The quantitative estimate of drug-likeness (QED) is 0.411. The summed E-state index contributed by atoms with van der Waals surface area (Å²) >= 11 is 0. The maximum atomic E-state index is 4.84. The van der Waals surface area contributed by atoms with Crippen molar-refractivity contribution in [1.82, 2.24) is 9.88 Å². The summed E-state index contributed by atoms with van der Waals surface area (Å²) in [5.41, 5.74) is 1.06. The maximum absolute atomic E-state index is 4.84. The van der Waals surface area contributed by atoms with Crippen LogP contribution in [0.1, 0.15) is 25.6 Å². The van der Waals surface area contributed by atoms with Crippen LogP contribution in [0.3, 0.4) is 0 Å². The number of fused-ring (bicyclic) bond motifs is 6. The van der Waals surface area contributed by atoms with Crippen molar-refractivity contribution >= 4 is 92.9 Å². The third-order valence-corrected chi connectivity index (χ3v) is 4.01. The Hall–Kier alpha value is -0.726. The van der Waals surface area contributed by atoms with Gasteiger partial charge in [0.1, 0.15) is 0 Å². The van der Waals surface area contributed by atoms with Gasteiger partial charge in [0.15, 0.2) is 0 Å². The van der Waals surface area contributed by atoms with Gasteiger partial charge in [-0.05, 0) is 0 Å². The van der Waals surface area contributed by atoms with E-state index in [1.165, 1.54) is 21.1 Å². The van der Waals surface area contributed by atoms with E-state index in [1.54, 1.807) is 0 Å². The second-order valence-electron chi connectivity index (χ2n) is 5.74. The normalized spacial score (nSPS) is 10.0. The Morgan fingerprint density at radius 3 is 1.86 bits per heavy atom. The molecule has 3 heterocycles. The first-order chi connectivity index (χ1) is 10.3. The first-order valence-electron chi connectivity index (χ1n) is 7.32. The van der Waals surface area contributed by atoms with E-state index >= 15 is 0 Å². The molecule has 3 aromatic heterocycles. The molecule has 0 unspecified atom stereocenters. The van der Waals surface area contributed by atoms with Gasteiger partial charge in [0.25, 0.3) is 0 Å². The van der Waals surface area contributed by atoms with Crippen LogP contribution in [0.2, 0.25) is 0 Å². The molecule has 0 fully saturated rings. The van der Waals surface area contributed by atoms with Crippen LogP contribution in [-0.4, -0.2) is 70.8 Å². The first-order valence-corrected chi connectivity index (χ1v) is 7.32. The summed E-state index contributed by atoms with van der Waals surface area (Å²) in [5, 5.41) is 6.08. The van der Waals surface area contributed by atoms with Crippen molar-refractivity contribution < 1.29 is 0 Å². The minimum atomic E-state index is 0.333. The molecule has 0 saturated carbocycles. The molecule has 0 aliphatic rings. The van der Waals surface area contributed by atoms with Crippen LogP contribution in [0.4, 0.5) is 0 Å². The Balaban J connectivity index is 2.30. The van der Waals surface area contributed by atoms with Crippen molar-refractivity contribution in [3.63, 3.8) is 0 Å². The zero-order valence-electron chi connectivity index (χ0n) is 12.2. The second-order valence-corrected chi connectivity index (χ2v) is 5.74. The summed E-state index contributed by atoms with van der Waals surface area (Å²) in [4.78, 5) is 9.39. The molecule has 11 heteroatoms. The molecular formula is C10H7B9N2. The van der Waals surface area contributed by atoms with Crippen LogP contribution in [0.5, 0.6) is 0 Å². The molecular weight excluding hydrogens is 245 g/mol. The molecule has 0 bridgehead atoms. The van der Waals surface area contributed by atoms with Gasteiger partial charge in [-0.15, -0.1) is 0 Å². The summed E-state index contributed by atoms with van der Waals surface area (Å²) in [7, 11) is 1.98. The molecule has 0 aliphatic heterocycles. The van der Waals surface area contributed by atoms with Crippen LogP contribution in [0.25, 0.3) is 31.9 Å². The van der Waals surface area contributed by atoms with E-state index in [1.807, 2.05) is 7.05 Å². The number of hydrogen-bond donors (Lipinski definition) is 0. The van der Waals surface area contributed by atoms with Crippen molar-refractivity contribution in [2.75, 3.05) is 0 Å². The fraction of sp³-hybridized carbons (Fsp3) is 0.300. The fourth-order valence-electron chi connectivity index (χ4n) is 2.95. The van der Waals surface area contributed by atoms with Crippen molar-refractivity contribution in [2.45, 2.75) is 19.8 Å². The molecule has 0 N–H and O–H groups in total. The SMILES string of the molecule is CC(C)c1nbc2c3bbbbc3c3bbbbc3c2n1. The van der Waals surface area contributed by atoms with Crippen LogP contribution in [0, 0.1) is 0 Å². The van der Waals surface area contributed by atoms with E-state index in [0.717, 1.165) is 16.6 Å². The van der Waals surface area contributed by atoms with Crippen molar-refractivity contribution in [3.05, 3.63) is 5.82 Å². The monoisotopic (exact) mass is 254 g/mol. The molecule has 21 heavy (non-hydrogen) atoms. The molecule has 2 nitrogen and oxygen atoms in total. The molecule has 0 atom stereocenters. The predicted molar refractivity (Wildman–Crippen MR) is 101 cm³/mol. The number of rotatable bonds is 1. The number of benzene rings is 1. The van der Waals surface area contributed by atoms with E-state index in [9.17, 15) is 0 Å². The Kier molecular flexibility index (Phi) is 3.63. The van der Waals surface area contributed by atoms with Crippen LogP contribution < -0.4 is 0 Å². The summed E-state index contributed by atoms with van der Waals surface area (Å²) in [6.07, 6.45) is 0. The molecule has 0 spiro atoms. The van der Waals surface area contributed by atoms with E-state index in [4.69, 9.17) is 4.98 Å². The first kappa shape index (κ1) is 13.9. The predicted octanol–water partition coefficient (Wildman–Crippen LogP) is -0.898. The second kappa shape index (κ2) is 5.48. The van der Waals surface area contributed by atoms with Crippen molar-refractivity contribution in [2.24, 2.45) is 0 Å². The molecule has 0 radical (unpaired) electrons. The topological polar surface area (TPSA) is 25.8 Å². The summed E-state index contributed by atoms with van der Waals surface area (Å²) in [5.74, 6) is 1.24. The molecule has 0 saturated heterocycles. The van der Waals surface area contributed by atoms with Crippen molar-refractivity contribution in [1.29, 1.82) is 0 Å². The zero-order valence-corrected chi connectivity index (χ0v) is 12.2. The molecule has 4 rings (SSSR count). The van der Waals surface area contributed by atoms with E-state index < -0.39 is 0 Å². The van der Waals surface area contributed by atoms with Gasteiger partial charge in [0.2, 0.25) is 0 Å². The minimum absolute atomic E-state index is 0.333. The number of aromatic nitrogens is 2. The summed E-state index contributed by atoms with van der Waals surface area (Å²) in [6, 6.07) is 0.